The normalized spacial score (nSPS) is 11.5. The molecule has 0 aromatic rings. The van der Waals surface area contributed by atoms with Gasteiger partial charge in [0.15, 0.2) is 0 Å². The molecule has 7 nitrogen and oxygen atoms in total. The van der Waals surface area contributed by atoms with E-state index in [0.29, 0.717) is 19.4 Å². The molecule has 0 fully saturated rings. The van der Waals surface area contributed by atoms with Crippen molar-refractivity contribution < 1.29 is 19.5 Å². The molecule has 1 atom stereocenters. The van der Waals surface area contributed by atoms with Crippen molar-refractivity contribution in [2.24, 2.45) is 0 Å². The number of carbonyl (C=O) groups excluding carboxylic acids is 2. The number of urea groups is 1. The summed E-state index contributed by atoms with van der Waals surface area (Å²) in [6.07, 6.45) is 0.981. The zero-order chi connectivity index (χ0) is 14.1. The first-order valence-corrected chi connectivity index (χ1v) is 5.95. The van der Waals surface area contributed by atoms with Gasteiger partial charge in [0, 0.05) is 13.6 Å². The van der Waals surface area contributed by atoms with Crippen LogP contribution >= 0.6 is 0 Å². The second-order valence-corrected chi connectivity index (χ2v) is 3.84. The maximum absolute atomic E-state index is 11.8. The van der Waals surface area contributed by atoms with Crippen molar-refractivity contribution >= 4 is 17.9 Å². The van der Waals surface area contributed by atoms with Crippen molar-refractivity contribution in [1.82, 2.24) is 15.5 Å². The molecule has 0 rings (SSSR count). The van der Waals surface area contributed by atoms with Crippen LogP contribution in [0.25, 0.3) is 0 Å². The van der Waals surface area contributed by atoms with E-state index in [9.17, 15) is 14.4 Å². The average molecular weight is 259 g/mol. The zero-order valence-electron chi connectivity index (χ0n) is 11.0. The number of nitrogens with zero attached hydrogens (tertiary/aromatic N) is 1. The van der Waals surface area contributed by atoms with Gasteiger partial charge >= 0.3 is 12.0 Å². The Morgan fingerprint density at radius 3 is 2.28 bits per heavy atom. The second kappa shape index (κ2) is 8.32. The number of rotatable bonds is 7. The standard InChI is InChI=1S/C11H21N3O4/c1-4-6-14(7-9(15)12-3)11(18)13-8(5-2)10(16)17/h8H,4-7H2,1-3H3,(H,12,15)(H,13,18)(H,16,17)/t8-/m0/s1. The number of hydrogen-bond donors (Lipinski definition) is 3. The molecule has 0 bridgehead atoms. The summed E-state index contributed by atoms with van der Waals surface area (Å²) in [5.74, 6) is -1.37. The fourth-order valence-electron chi connectivity index (χ4n) is 1.35. The maximum Gasteiger partial charge on any atom is 0.326 e. The molecule has 0 aromatic heterocycles. The lowest BCUT2D eigenvalue weighted by molar-refractivity contribution is -0.139. The molecule has 0 aromatic carbocycles. The highest BCUT2D eigenvalue weighted by Gasteiger charge is 2.22. The molecule has 3 N–H and O–H groups in total. The molecule has 7 heteroatoms. The van der Waals surface area contributed by atoms with Crippen molar-refractivity contribution in [2.45, 2.75) is 32.7 Å². The number of carboxylic acids is 1. The van der Waals surface area contributed by atoms with E-state index in [1.54, 1.807) is 6.92 Å². The molecule has 0 aliphatic rings. The summed E-state index contributed by atoms with van der Waals surface area (Å²) < 4.78 is 0. The van der Waals surface area contributed by atoms with E-state index >= 15 is 0 Å². The number of likely N-dealkylation sites (N-methyl/N-ethyl adjacent to an activating group) is 1. The third-order valence-corrected chi connectivity index (χ3v) is 2.40. The van der Waals surface area contributed by atoms with Crippen LogP contribution < -0.4 is 10.6 Å². The summed E-state index contributed by atoms with van der Waals surface area (Å²) in [7, 11) is 1.48. The lowest BCUT2D eigenvalue weighted by Crippen LogP contribution is -2.50. The van der Waals surface area contributed by atoms with Crippen molar-refractivity contribution in [3.05, 3.63) is 0 Å². The van der Waals surface area contributed by atoms with Crippen molar-refractivity contribution in [2.75, 3.05) is 20.1 Å². The fraction of sp³-hybridized carbons (Fsp3) is 0.727. The lowest BCUT2D eigenvalue weighted by Gasteiger charge is -2.23. The van der Waals surface area contributed by atoms with Crippen LogP contribution in [0.15, 0.2) is 0 Å². The number of amides is 3. The number of hydrogen-bond acceptors (Lipinski definition) is 3. The molecule has 0 saturated carbocycles. The monoisotopic (exact) mass is 259 g/mol. The van der Waals surface area contributed by atoms with Gasteiger partial charge in [-0.05, 0) is 12.8 Å². The Bertz CT molecular complexity index is 307. The smallest absolute Gasteiger partial charge is 0.326 e. The summed E-state index contributed by atoms with van der Waals surface area (Å²) >= 11 is 0. The van der Waals surface area contributed by atoms with E-state index in [1.807, 2.05) is 6.92 Å². The maximum atomic E-state index is 11.8. The molecular formula is C11H21N3O4. The molecule has 0 heterocycles. The van der Waals surface area contributed by atoms with Crippen LogP contribution in [-0.4, -0.2) is 54.1 Å². The first-order valence-electron chi connectivity index (χ1n) is 5.95. The van der Waals surface area contributed by atoms with Crippen LogP contribution in [0.2, 0.25) is 0 Å². The predicted octanol–water partition coefficient (Wildman–Crippen LogP) is 0.0172. The molecule has 18 heavy (non-hydrogen) atoms. The van der Waals surface area contributed by atoms with Crippen LogP contribution in [0, 0.1) is 0 Å². The van der Waals surface area contributed by atoms with E-state index in [2.05, 4.69) is 10.6 Å². The van der Waals surface area contributed by atoms with E-state index in [4.69, 9.17) is 5.11 Å². The van der Waals surface area contributed by atoms with Crippen LogP contribution in [-0.2, 0) is 9.59 Å². The third kappa shape index (κ3) is 5.51. The molecule has 104 valence electrons. The van der Waals surface area contributed by atoms with Gasteiger partial charge in [0.25, 0.3) is 0 Å². The van der Waals surface area contributed by atoms with Gasteiger partial charge in [-0.1, -0.05) is 13.8 Å². The van der Waals surface area contributed by atoms with Gasteiger partial charge in [-0.15, -0.1) is 0 Å². The second-order valence-electron chi connectivity index (χ2n) is 3.84. The molecular weight excluding hydrogens is 238 g/mol. The Balaban J connectivity index is 4.55. The summed E-state index contributed by atoms with van der Waals surface area (Å²) in [5, 5.41) is 13.7. The number of nitrogens with one attached hydrogen (secondary N) is 2. The summed E-state index contributed by atoms with van der Waals surface area (Å²) in [6, 6.07) is -1.46. The quantitative estimate of drug-likeness (QED) is 0.600. The SMILES string of the molecule is CCCN(CC(=O)NC)C(=O)N[C@@H](CC)C(=O)O. The highest BCUT2D eigenvalue weighted by atomic mass is 16.4. The third-order valence-electron chi connectivity index (χ3n) is 2.40. The lowest BCUT2D eigenvalue weighted by atomic mass is 10.2. The topological polar surface area (TPSA) is 98.7 Å². The van der Waals surface area contributed by atoms with Crippen LogP contribution in [0.3, 0.4) is 0 Å². The van der Waals surface area contributed by atoms with Gasteiger partial charge in [0.05, 0.1) is 0 Å². The molecule has 0 aliphatic heterocycles. The Morgan fingerprint density at radius 2 is 1.89 bits per heavy atom. The Hall–Kier alpha value is -1.79. The minimum atomic E-state index is -1.08. The van der Waals surface area contributed by atoms with Crippen molar-refractivity contribution in [3.63, 3.8) is 0 Å². The first kappa shape index (κ1) is 16.2. The van der Waals surface area contributed by atoms with Crippen LogP contribution in [0.4, 0.5) is 4.79 Å². The Labute approximate surface area is 107 Å². The largest absolute Gasteiger partial charge is 0.480 e. The molecule has 0 radical (unpaired) electrons. The predicted molar refractivity (Wildman–Crippen MR) is 66.2 cm³/mol. The van der Waals surface area contributed by atoms with Gasteiger partial charge in [0.1, 0.15) is 12.6 Å². The molecule has 0 spiro atoms. The fourth-order valence-corrected chi connectivity index (χ4v) is 1.35. The van der Waals surface area contributed by atoms with Crippen molar-refractivity contribution in [3.8, 4) is 0 Å². The highest BCUT2D eigenvalue weighted by Crippen LogP contribution is 1.97. The van der Waals surface area contributed by atoms with E-state index in [1.165, 1.54) is 11.9 Å². The van der Waals surface area contributed by atoms with E-state index in [0.717, 1.165) is 0 Å². The minimum Gasteiger partial charge on any atom is -0.480 e. The Kier molecular flexibility index (Phi) is 7.50. The van der Waals surface area contributed by atoms with Crippen molar-refractivity contribution in [1.29, 1.82) is 0 Å². The number of carbonyl (C=O) groups is 3. The number of aliphatic carboxylic acids is 1. The van der Waals surface area contributed by atoms with Crippen LogP contribution in [0.5, 0.6) is 0 Å². The van der Waals surface area contributed by atoms with E-state index < -0.39 is 18.0 Å². The molecule has 0 unspecified atom stereocenters. The number of carboxylic acid groups (broad SMARTS) is 1. The Morgan fingerprint density at radius 1 is 1.28 bits per heavy atom. The summed E-state index contributed by atoms with van der Waals surface area (Å²) in [5.41, 5.74) is 0. The summed E-state index contributed by atoms with van der Waals surface area (Å²) in [6.45, 7) is 3.86. The summed E-state index contributed by atoms with van der Waals surface area (Å²) in [4.78, 5) is 35.2. The van der Waals surface area contributed by atoms with Gasteiger partial charge in [-0.25, -0.2) is 9.59 Å². The van der Waals surface area contributed by atoms with E-state index in [-0.39, 0.29) is 12.5 Å². The first-order chi connectivity index (χ1) is 8.46. The van der Waals surface area contributed by atoms with Gasteiger partial charge in [-0.3, -0.25) is 4.79 Å². The highest BCUT2D eigenvalue weighted by molar-refractivity contribution is 5.86. The van der Waals surface area contributed by atoms with Crippen LogP contribution in [0.1, 0.15) is 26.7 Å². The van der Waals surface area contributed by atoms with Gasteiger partial charge in [0.2, 0.25) is 5.91 Å². The van der Waals surface area contributed by atoms with Gasteiger partial charge < -0.3 is 20.6 Å². The van der Waals surface area contributed by atoms with Gasteiger partial charge in [-0.2, -0.15) is 0 Å². The molecule has 0 saturated heterocycles. The average Bonchev–Trinajstić information content (AvgIpc) is 2.34. The zero-order valence-corrected chi connectivity index (χ0v) is 11.0. The molecule has 3 amide bonds. The minimum absolute atomic E-state index is 0.0772. The molecule has 0 aliphatic carbocycles.